The summed E-state index contributed by atoms with van der Waals surface area (Å²) in [7, 11) is 0. The quantitative estimate of drug-likeness (QED) is 0.514. The predicted molar refractivity (Wildman–Crippen MR) is 42.7 cm³/mol. The van der Waals surface area contributed by atoms with Crippen molar-refractivity contribution in [3.05, 3.63) is 21.4 Å². The van der Waals surface area contributed by atoms with Crippen molar-refractivity contribution < 1.29 is 18.1 Å². The lowest BCUT2D eigenvalue weighted by Crippen LogP contribution is -2.27. The Balaban J connectivity index is 3.13. The van der Waals surface area contributed by atoms with Gasteiger partial charge in [-0.1, -0.05) is 6.92 Å². The van der Waals surface area contributed by atoms with Crippen LogP contribution >= 0.6 is 0 Å². The molecule has 1 rings (SSSR count). The predicted octanol–water partition coefficient (Wildman–Crippen LogP) is 1.94. The number of aliphatic imine (C=N–C) groups is 1. The third-order valence-electron chi connectivity index (χ3n) is 1.87. The summed E-state index contributed by atoms with van der Waals surface area (Å²) in [5, 5.41) is 10.4. The highest BCUT2D eigenvalue weighted by molar-refractivity contribution is 6.04. The Hall–Kier alpha value is -1.40. The van der Waals surface area contributed by atoms with Crippen molar-refractivity contribution in [1.82, 2.24) is 0 Å². The first-order valence-electron chi connectivity index (χ1n) is 3.86. The maximum absolute atomic E-state index is 12.2. The molecular weight excluding hydrogens is 201 g/mol. The fourth-order valence-corrected chi connectivity index (χ4v) is 1.21. The summed E-state index contributed by atoms with van der Waals surface area (Å²) in [5.41, 5.74) is -2.11. The smallest absolute Gasteiger partial charge is 0.270 e. The van der Waals surface area contributed by atoms with Crippen LogP contribution in [0.3, 0.4) is 0 Å². The van der Waals surface area contributed by atoms with Gasteiger partial charge < -0.3 is 0 Å². The Labute approximate surface area is 77.3 Å². The highest BCUT2D eigenvalue weighted by Gasteiger charge is 2.47. The molecule has 4 nitrogen and oxygen atoms in total. The van der Waals surface area contributed by atoms with Gasteiger partial charge in [0, 0.05) is 5.57 Å². The van der Waals surface area contributed by atoms with Gasteiger partial charge in [0.15, 0.2) is 0 Å². The van der Waals surface area contributed by atoms with Gasteiger partial charge >= 0.3 is 11.9 Å². The lowest BCUT2D eigenvalue weighted by atomic mass is 10.1. The van der Waals surface area contributed by atoms with E-state index in [9.17, 15) is 23.3 Å². The van der Waals surface area contributed by atoms with Gasteiger partial charge in [-0.3, -0.25) is 15.1 Å². The molecule has 14 heavy (non-hydrogen) atoms. The standard InChI is InChI=1S/C7H7F3N2O2/c1-2-4-3-11-6(7(8,9)10)5(4)12(13)14/h2-3H2,1H3. The van der Waals surface area contributed by atoms with Crippen LogP contribution in [0.15, 0.2) is 16.3 Å². The first kappa shape index (κ1) is 10.7. The summed E-state index contributed by atoms with van der Waals surface area (Å²) >= 11 is 0. The normalized spacial score (nSPS) is 17.3. The fourth-order valence-electron chi connectivity index (χ4n) is 1.21. The van der Waals surface area contributed by atoms with E-state index in [2.05, 4.69) is 4.99 Å². The zero-order valence-electron chi connectivity index (χ0n) is 7.26. The lowest BCUT2D eigenvalue weighted by Gasteiger charge is -2.04. The van der Waals surface area contributed by atoms with Crippen LogP contribution in [0, 0.1) is 10.1 Å². The molecule has 0 aliphatic carbocycles. The molecule has 0 atom stereocenters. The van der Waals surface area contributed by atoms with E-state index in [-0.39, 0.29) is 18.5 Å². The third-order valence-corrected chi connectivity index (χ3v) is 1.87. The molecule has 0 amide bonds. The van der Waals surface area contributed by atoms with Crippen molar-refractivity contribution >= 4 is 5.71 Å². The van der Waals surface area contributed by atoms with Crippen LogP contribution < -0.4 is 0 Å². The maximum Gasteiger partial charge on any atom is 0.439 e. The summed E-state index contributed by atoms with van der Waals surface area (Å²) < 4.78 is 36.6. The Morgan fingerprint density at radius 3 is 2.50 bits per heavy atom. The van der Waals surface area contributed by atoms with Gasteiger partial charge in [0.2, 0.25) is 5.71 Å². The maximum atomic E-state index is 12.2. The molecule has 0 aromatic carbocycles. The number of halogens is 3. The molecule has 0 N–H and O–H groups in total. The van der Waals surface area contributed by atoms with Crippen molar-refractivity contribution in [1.29, 1.82) is 0 Å². The van der Waals surface area contributed by atoms with Gasteiger partial charge in [-0.2, -0.15) is 13.2 Å². The molecule has 78 valence electrons. The topological polar surface area (TPSA) is 55.5 Å². The van der Waals surface area contributed by atoms with Crippen LogP contribution in [0.25, 0.3) is 0 Å². The number of hydrogen-bond donors (Lipinski definition) is 0. The summed E-state index contributed by atoms with van der Waals surface area (Å²) in [6, 6.07) is 0. The van der Waals surface area contributed by atoms with Crippen molar-refractivity contribution in [2.24, 2.45) is 4.99 Å². The summed E-state index contributed by atoms with van der Waals surface area (Å²) in [6.45, 7) is 1.34. The second-order valence-electron chi connectivity index (χ2n) is 2.73. The zero-order chi connectivity index (χ0) is 10.9. The fraction of sp³-hybridized carbons (Fsp3) is 0.571. The summed E-state index contributed by atoms with van der Waals surface area (Å²) in [4.78, 5) is 12.5. The van der Waals surface area contributed by atoms with Gasteiger partial charge in [-0.05, 0) is 6.42 Å². The van der Waals surface area contributed by atoms with Gasteiger partial charge in [-0.15, -0.1) is 0 Å². The van der Waals surface area contributed by atoms with Gasteiger partial charge in [0.25, 0.3) is 0 Å². The molecule has 0 spiro atoms. The van der Waals surface area contributed by atoms with E-state index < -0.39 is 22.5 Å². The lowest BCUT2D eigenvalue weighted by molar-refractivity contribution is -0.417. The molecule has 0 aromatic heterocycles. The average Bonchev–Trinajstić information content (AvgIpc) is 2.45. The molecule has 7 heteroatoms. The number of alkyl halides is 3. The first-order valence-corrected chi connectivity index (χ1v) is 3.86. The zero-order valence-corrected chi connectivity index (χ0v) is 7.26. The van der Waals surface area contributed by atoms with E-state index in [1.807, 2.05) is 0 Å². The number of hydrogen-bond acceptors (Lipinski definition) is 3. The van der Waals surface area contributed by atoms with Gasteiger partial charge in [0.1, 0.15) is 0 Å². The molecule has 1 aliphatic rings. The van der Waals surface area contributed by atoms with E-state index >= 15 is 0 Å². The van der Waals surface area contributed by atoms with E-state index in [1.54, 1.807) is 6.92 Å². The third kappa shape index (κ3) is 1.75. The number of nitro groups is 1. The van der Waals surface area contributed by atoms with Crippen molar-refractivity contribution in [2.75, 3.05) is 6.54 Å². The minimum absolute atomic E-state index is 0.127. The molecule has 0 aromatic rings. The summed E-state index contributed by atoms with van der Waals surface area (Å²) in [5.74, 6) is 0. The minimum Gasteiger partial charge on any atom is -0.270 e. The van der Waals surface area contributed by atoms with Crippen LogP contribution in [0.1, 0.15) is 13.3 Å². The van der Waals surface area contributed by atoms with E-state index in [0.29, 0.717) is 0 Å². The highest BCUT2D eigenvalue weighted by Crippen LogP contribution is 2.29. The van der Waals surface area contributed by atoms with E-state index in [0.717, 1.165) is 0 Å². The van der Waals surface area contributed by atoms with Crippen LogP contribution in [-0.4, -0.2) is 23.4 Å². The summed E-state index contributed by atoms with van der Waals surface area (Å²) in [6.07, 6.45) is -4.53. The second kappa shape index (κ2) is 3.39. The Bertz CT molecular complexity index is 330. The first-order chi connectivity index (χ1) is 6.38. The highest BCUT2D eigenvalue weighted by atomic mass is 19.4. The Kier molecular flexibility index (Phi) is 2.59. The van der Waals surface area contributed by atoms with Crippen molar-refractivity contribution in [2.45, 2.75) is 19.5 Å². The SMILES string of the molecule is CCC1=C([N+](=O)[O-])C(C(F)(F)F)=NC1. The Morgan fingerprint density at radius 1 is 1.57 bits per heavy atom. The van der Waals surface area contributed by atoms with Crippen LogP contribution in [0.4, 0.5) is 13.2 Å². The number of allylic oxidation sites excluding steroid dienone is 1. The van der Waals surface area contributed by atoms with Crippen molar-refractivity contribution in [3.63, 3.8) is 0 Å². The van der Waals surface area contributed by atoms with E-state index in [1.165, 1.54) is 0 Å². The monoisotopic (exact) mass is 208 g/mol. The van der Waals surface area contributed by atoms with Crippen molar-refractivity contribution in [3.8, 4) is 0 Å². The van der Waals surface area contributed by atoms with Crippen LogP contribution in [0.5, 0.6) is 0 Å². The Morgan fingerprint density at radius 2 is 2.14 bits per heavy atom. The molecule has 1 heterocycles. The molecule has 0 saturated heterocycles. The van der Waals surface area contributed by atoms with E-state index in [4.69, 9.17) is 0 Å². The average molecular weight is 208 g/mol. The molecule has 1 aliphatic heterocycles. The number of rotatable bonds is 2. The molecule has 0 radical (unpaired) electrons. The van der Waals surface area contributed by atoms with Gasteiger partial charge in [0.05, 0.1) is 11.5 Å². The van der Waals surface area contributed by atoms with Gasteiger partial charge in [-0.25, -0.2) is 0 Å². The second-order valence-corrected chi connectivity index (χ2v) is 2.73. The molecule has 0 bridgehead atoms. The minimum atomic E-state index is -4.74. The molecule has 0 fully saturated rings. The van der Waals surface area contributed by atoms with Crippen LogP contribution in [-0.2, 0) is 0 Å². The molecular formula is C7H7F3N2O2. The van der Waals surface area contributed by atoms with Crippen LogP contribution in [0.2, 0.25) is 0 Å². The molecule has 0 unspecified atom stereocenters. The number of nitrogens with zero attached hydrogens (tertiary/aromatic N) is 2. The molecule has 0 saturated carbocycles. The largest absolute Gasteiger partial charge is 0.439 e.